The topological polar surface area (TPSA) is 86.2 Å². The molecule has 2 unspecified atom stereocenters. The van der Waals surface area contributed by atoms with Crippen LogP contribution in [0.5, 0.6) is 0 Å². The molecule has 2 atom stereocenters. The van der Waals surface area contributed by atoms with Crippen LogP contribution in [-0.4, -0.2) is 19.7 Å². The molecule has 4 N–H and O–H groups in total. The lowest BCUT2D eigenvalue weighted by Crippen LogP contribution is -2.46. The zero-order chi connectivity index (χ0) is 10.8. The Morgan fingerprint density at radius 2 is 1.71 bits per heavy atom. The average molecular weight is 220 g/mol. The SMILES string of the molecule is CC(C(N)C1CCCCC1)S(N)(=O)=O. The van der Waals surface area contributed by atoms with E-state index in [0.717, 1.165) is 25.7 Å². The molecule has 0 spiro atoms. The van der Waals surface area contributed by atoms with Gasteiger partial charge in [-0.1, -0.05) is 19.3 Å². The Morgan fingerprint density at radius 3 is 2.14 bits per heavy atom. The average Bonchev–Trinajstić information content (AvgIpc) is 2.15. The highest BCUT2D eigenvalue weighted by atomic mass is 32.2. The molecule has 1 fully saturated rings. The second-order valence-electron chi connectivity index (χ2n) is 4.27. The molecule has 0 radical (unpaired) electrons. The highest BCUT2D eigenvalue weighted by molar-refractivity contribution is 7.89. The fraction of sp³-hybridized carbons (Fsp3) is 1.00. The number of primary sulfonamides is 1. The molecule has 0 aliphatic heterocycles. The van der Waals surface area contributed by atoms with Crippen LogP contribution in [0, 0.1) is 5.92 Å². The molecule has 0 bridgehead atoms. The Hall–Kier alpha value is -0.130. The number of hydrogen-bond acceptors (Lipinski definition) is 3. The largest absolute Gasteiger partial charge is 0.326 e. The van der Waals surface area contributed by atoms with Gasteiger partial charge in [0.25, 0.3) is 0 Å². The molecule has 1 aliphatic carbocycles. The first-order valence-corrected chi connectivity index (χ1v) is 6.81. The maximum Gasteiger partial charge on any atom is 0.213 e. The second-order valence-corrected chi connectivity index (χ2v) is 6.19. The zero-order valence-electron chi connectivity index (χ0n) is 8.65. The van der Waals surface area contributed by atoms with E-state index in [1.807, 2.05) is 0 Å². The van der Waals surface area contributed by atoms with Crippen LogP contribution in [0.3, 0.4) is 0 Å². The standard InChI is InChI=1S/C9H20N2O2S/c1-7(14(11,12)13)9(10)8-5-3-2-4-6-8/h7-9H,2-6,10H2,1H3,(H2,11,12,13). The fourth-order valence-electron chi connectivity index (χ4n) is 2.12. The molecule has 14 heavy (non-hydrogen) atoms. The Balaban J connectivity index is 2.59. The first-order chi connectivity index (χ1) is 6.43. The van der Waals surface area contributed by atoms with Crippen molar-refractivity contribution in [2.75, 3.05) is 0 Å². The van der Waals surface area contributed by atoms with Gasteiger partial charge in [0.15, 0.2) is 0 Å². The van der Waals surface area contributed by atoms with Crippen molar-refractivity contribution in [3.63, 3.8) is 0 Å². The smallest absolute Gasteiger partial charge is 0.213 e. The van der Waals surface area contributed by atoms with E-state index in [2.05, 4.69) is 0 Å². The van der Waals surface area contributed by atoms with Crippen LogP contribution in [0.25, 0.3) is 0 Å². The van der Waals surface area contributed by atoms with Crippen LogP contribution in [0.4, 0.5) is 0 Å². The van der Waals surface area contributed by atoms with E-state index in [-0.39, 0.29) is 6.04 Å². The van der Waals surface area contributed by atoms with Crippen molar-refractivity contribution in [2.24, 2.45) is 16.8 Å². The van der Waals surface area contributed by atoms with Crippen molar-refractivity contribution >= 4 is 10.0 Å². The van der Waals surface area contributed by atoms with Crippen LogP contribution in [0.2, 0.25) is 0 Å². The van der Waals surface area contributed by atoms with Crippen LogP contribution in [-0.2, 0) is 10.0 Å². The van der Waals surface area contributed by atoms with E-state index in [1.54, 1.807) is 6.92 Å². The van der Waals surface area contributed by atoms with Gasteiger partial charge in [-0.2, -0.15) is 0 Å². The third kappa shape index (κ3) is 2.93. The van der Waals surface area contributed by atoms with Gasteiger partial charge >= 0.3 is 0 Å². The highest BCUT2D eigenvalue weighted by Crippen LogP contribution is 2.27. The molecule has 4 nitrogen and oxygen atoms in total. The van der Waals surface area contributed by atoms with Crippen molar-refractivity contribution in [1.82, 2.24) is 0 Å². The third-order valence-corrected chi connectivity index (χ3v) is 4.61. The number of hydrogen-bond donors (Lipinski definition) is 2. The van der Waals surface area contributed by atoms with E-state index in [9.17, 15) is 8.42 Å². The predicted molar refractivity (Wildman–Crippen MR) is 57.1 cm³/mol. The van der Waals surface area contributed by atoms with E-state index < -0.39 is 15.3 Å². The van der Waals surface area contributed by atoms with Gasteiger partial charge < -0.3 is 5.73 Å². The highest BCUT2D eigenvalue weighted by Gasteiger charge is 2.30. The van der Waals surface area contributed by atoms with Crippen molar-refractivity contribution in [1.29, 1.82) is 0 Å². The quantitative estimate of drug-likeness (QED) is 0.729. The number of nitrogens with two attached hydrogens (primary N) is 2. The monoisotopic (exact) mass is 220 g/mol. The van der Waals surface area contributed by atoms with Gasteiger partial charge in [-0.15, -0.1) is 0 Å². The molecule has 0 saturated heterocycles. The number of rotatable bonds is 3. The predicted octanol–water partition coefficient (Wildman–Crippen LogP) is 0.571. The summed E-state index contributed by atoms with van der Waals surface area (Å²) in [5, 5.41) is 4.46. The first kappa shape index (κ1) is 11.9. The van der Waals surface area contributed by atoms with Crippen molar-refractivity contribution in [2.45, 2.75) is 50.3 Å². The summed E-state index contributed by atoms with van der Waals surface area (Å²) in [7, 11) is -3.48. The summed E-state index contributed by atoms with van der Waals surface area (Å²) < 4.78 is 22.2. The van der Waals surface area contributed by atoms with Crippen LogP contribution in [0.15, 0.2) is 0 Å². The summed E-state index contributed by atoms with van der Waals surface area (Å²) in [4.78, 5) is 0. The summed E-state index contributed by atoms with van der Waals surface area (Å²) in [6.45, 7) is 1.61. The zero-order valence-corrected chi connectivity index (χ0v) is 9.46. The molecular formula is C9H20N2O2S. The Labute approximate surface area is 86.1 Å². The van der Waals surface area contributed by atoms with Crippen molar-refractivity contribution in [3.8, 4) is 0 Å². The molecule has 1 rings (SSSR count). The first-order valence-electron chi connectivity index (χ1n) is 5.20. The fourth-order valence-corrected chi connectivity index (χ4v) is 2.78. The second kappa shape index (κ2) is 4.59. The molecule has 0 heterocycles. The molecule has 0 aromatic heterocycles. The lowest BCUT2D eigenvalue weighted by molar-refractivity contribution is 0.300. The molecule has 1 aliphatic rings. The summed E-state index contributed by atoms with van der Waals surface area (Å²) in [6, 6.07) is -0.301. The van der Waals surface area contributed by atoms with Crippen LogP contribution >= 0.6 is 0 Å². The number of sulfonamides is 1. The van der Waals surface area contributed by atoms with E-state index >= 15 is 0 Å². The molecule has 0 aromatic carbocycles. The maximum atomic E-state index is 11.1. The van der Waals surface area contributed by atoms with Gasteiger partial charge in [0, 0.05) is 6.04 Å². The lowest BCUT2D eigenvalue weighted by atomic mass is 9.83. The van der Waals surface area contributed by atoms with Gasteiger partial charge in [-0.3, -0.25) is 0 Å². The van der Waals surface area contributed by atoms with Gasteiger partial charge in [-0.25, -0.2) is 13.6 Å². The van der Waals surface area contributed by atoms with Gasteiger partial charge in [0.05, 0.1) is 5.25 Å². The molecule has 84 valence electrons. The molecule has 5 heteroatoms. The maximum absolute atomic E-state index is 11.1. The third-order valence-electron chi connectivity index (χ3n) is 3.25. The minimum atomic E-state index is -3.48. The normalized spacial score (nSPS) is 24.5. The summed E-state index contributed by atoms with van der Waals surface area (Å²) in [5.74, 6) is 0.331. The van der Waals surface area contributed by atoms with Gasteiger partial charge in [0.2, 0.25) is 10.0 Å². The van der Waals surface area contributed by atoms with E-state index in [1.165, 1.54) is 6.42 Å². The molecular weight excluding hydrogens is 200 g/mol. The van der Waals surface area contributed by atoms with Crippen molar-refractivity contribution < 1.29 is 8.42 Å². The van der Waals surface area contributed by atoms with Gasteiger partial charge in [0.1, 0.15) is 0 Å². The van der Waals surface area contributed by atoms with Crippen LogP contribution < -0.4 is 10.9 Å². The Bertz CT molecular complexity index is 271. The Kier molecular flexibility index (Phi) is 3.92. The van der Waals surface area contributed by atoms with E-state index in [4.69, 9.17) is 10.9 Å². The Morgan fingerprint density at radius 1 is 1.21 bits per heavy atom. The summed E-state index contributed by atoms with van der Waals surface area (Å²) >= 11 is 0. The molecule has 1 saturated carbocycles. The van der Waals surface area contributed by atoms with Crippen LogP contribution in [0.1, 0.15) is 39.0 Å². The molecule has 0 amide bonds. The van der Waals surface area contributed by atoms with Gasteiger partial charge in [-0.05, 0) is 25.7 Å². The van der Waals surface area contributed by atoms with E-state index in [0.29, 0.717) is 5.92 Å². The lowest BCUT2D eigenvalue weighted by Gasteiger charge is -2.30. The molecule has 0 aromatic rings. The van der Waals surface area contributed by atoms with Crippen molar-refractivity contribution in [3.05, 3.63) is 0 Å². The summed E-state index contributed by atoms with van der Waals surface area (Å²) in [5.41, 5.74) is 5.92. The minimum Gasteiger partial charge on any atom is -0.326 e. The minimum absolute atomic E-state index is 0.301. The summed E-state index contributed by atoms with van der Waals surface area (Å²) in [6.07, 6.45) is 5.65.